The molecule has 0 spiro atoms. The lowest BCUT2D eigenvalue weighted by Crippen LogP contribution is -2.34. The van der Waals surface area contributed by atoms with Crippen LogP contribution in [0.25, 0.3) is 0 Å². The normalized spacial score (nSPS) is 16.9. The van der Waals surface area contributed by atoms with E-state index in [9.17, 15) is 4.79 Å². The molecule has 0 unspecified atom stereocenters. The van der Waals surface area contributed by atoms with Crippen LogP contribution in [-0.2, 0) is 19.5 Å². The molecule has 0 aromatic carbocycles. The second kappa shape index (κ2) is 6.82. The zero-order valence-electron chi connectivity index (χ0n) is 13.2. The molecule has 3 N–H and O–H groups in total. The summed E-state index contributed by atoms with van der Waals surface area (Å²) >= 11 is 0. The lowest BCUT2D eigenvalue weighted by Gasteiger charge is -2.24. The first-order valence-electron chi connectivity index (χ1n) is 7.96. The number of aromatic nitrogens is 4. The molecule has 0 saturated heterocycles. The Hall–Kier alpha value is -2.35. The maximum Gasteiger partial charge on any atom is 0.319 e. The van der Waals surface area contributed by atoms with Gasteiger partial charge in [0, 0.05) is 24.0 Å². The van der Waals surface area contributed by atoms with Crippen molar-refractivity contribution in [1.29, 1.82) is 0 Å². The number of hydrogen-bond acceptors (Lipinski definition) is 4. The van der Waals surface area contributed by atoms with Gasteiger partial charge in [0.15, 0.2) is 0 Å². The summed E-state index contributed by atoms with van der Waals surface area (Å²) in [4.78, 5) is 12.2. The number of hydrogen-bond donors (Lipinski definition) is 3. The van der Waals surface area contributed by atoms with E-state index < -0.39 is 0 Å². The fourth-order valence-corrected chi connectivity index (χ4v) is 2.98. The van der Waals surface area contributed by atoms with Crippen molar-refractivity contribution in [2.45, 2.75) is 45.3 Å². The van der Waals surface area contributed by atoms with Gasteiger partial charge in [-0.05, 0) is 26.2 Å². The Labute approximate surface area is 134 Å². The van der Waals surface area contributed by atoms with Gasteiger partial charge in [0.1, 0.15) is 0 Å². The molecule has 8 nitrogen and oxygen atoms in total. The van der Waals surface area contributed by atoms with E-state index >= 15 is 0 Å². The predicted molar refractivity (Wildman–Crippen MR) is 85.0 cm³/mol. The van der Waals surface area contributed by atoms with Gasteiger partial charge in [0.05, 0.1) is 37.3 Å². The Morgan fingerprint density at radius 1 is 1.43 bits per heavy atom. The van der Waals surface area contributed by atoms with Crippen LogP contribution in [-0.4, -0.2) is 37.3 Å². The molecule has 124 valence electrons. The van der Waals surface area contributed by atoms with Crippen molar-refractivity contribution in [1.82, 2.24) is 24.9 Å². The minimum absolute atomic E-state index is 0.0487. The highest BCUT2D eigenvalue weighted by Gasteiger charge is 2.25. The maximum atomic E-state index is 12.2. The minimum atomic E-state index is -0.242. The average Bonchev–Trinajstić information content (AvgIpc) is 3.15. The molecule has 2 amide bonds. The highest BCUT2D eigenvalue weighted by atomic mass is 16.3. The summed E-state index contributed by atoms with van der Waals surface area (Å²) < 4.78 is 3.58. The molecule has 8 heteroatoms. The van der Waals surface area contributed by atoms with Crippen molar-refractivity contribution in [2.24, 2.45) is 0 Å². The average molecular weight is 318 g/mol. The van der Waals surface area contributed by atoms with Gasteiger partial charge in [-0.1, -0.05) is 0 Å². The van der Waals surface area contributed by atoms with Crippen molar-refractivity contribution < 1.29 is 9.90 Å². The number of carbonyl (C=O) groups is 1. The molecule has 1 aliphatic rings. The molecule has 2 heterocycles. The number of nitrogens with zero attached hydrogens (tertiary/aromatic N) is 4. The van der Waals surface area contributed by atoms with E-state index in [1.165, 1.54) is 0 Å². The number of aliphatic hydroxyl groups excluding tert-OH is 1. The van der Waals surface area contributed by atoms with Crippen molar-refractivity contribution in [2.75, 3.05) is 11.9 Å². The molecule has 1 atom stereocenters. The van der Waals surface area contributed by atoms with Crippen LogP contribution in [0, 0.1) is 0 Å². The number of urea groups is 1. The topological polar surface area (TPSA) is 97.0 Å². The molecule has 0 saturated carbocycles. The van der Waals surface area contributed by atoms with E-state index in [4.69, 9.17) is 5.11 Å². The van der Waals surface area contributed by atoms with Crippen molar-refractivity contribution in [3.63, 3.8) is 0 Å². The monoisotopic (exact) mass is 318 g/mol. The molecule has 1 aliphatic carbocycles. The first-order valence-corrected chi connectivity index (χ1v) is 7.96. The third-order valence-corrected chi connectivity index (χ3v) is 4.10. The molecule has 0 aliphatic heterocycles. The van der Waals surface area contributed by atoms with Gasteiger partial charge in [0.2, 0.25) is 0 Å². The summed E-state index contributed by atoms with van der Waals surface area (Å²) in [6.07, 6.45) is 8.03. The minimum Gasteiger partial charge on any atom is -0.394 e. The highest BCUT2D eigenvalue weighted by molar-refractivity contribution is 5.89. The Kier molecular flexibility index (Phi) is 4.61. The van der Waals surface area contributed by atoms with Crippen LogP contribution >= 0.6 is 0 Å². The zero-order valence-corrected chi connectivity index (χ0v) is 13.2. The van der Waals surface area contributed by atoms with Crippen LogP contribution < -0.4 is 10.6 Å². The molecular weight excluding hydrogens is 296 g/mol. The number of carbonyl (C=O) groups excluding carboxylic acids is 1. The molecule has 23 heavy (non-hydrogen) atoms. The third-order valence-electron chi connectivity index (χ3n) is 4.10. The quantitative estimate of drug-likeness (QED) is 0.774. The number of aryl methyl sites for hydroxylation is 1. The van der Waals surface area contributed by atoms with Gasteiger partial charge < -0.3 is 15.7 Å². The summed E-state index contributed by atoms with van der Waals surface area (Å²) in [6.45, 7) is 3.31. The van der Waals surface area contributed by atoms with Gasteiger partial charge in [0.25, 0.3) is 0 Å². The van der Waals surface area contributed by atoms with Crippen LogP contribution in [0.2, 0.25) is 0 Å². The Balaban J connectivity index is 1.65. The maximum absolute atomic E-state index is 12.2. The number of aliphatic hydroxyl groups is 1. The second-order valence-electron chi connectivity index (χ2n) is 5.62. The van der Waals surface area contributed by atoms with Gasteiger partial charge in [-0.3, -0.25) is 9.36 Å². The van der Waals surface area contributed by atoms with E-state index in [0.29, 0.717) is 12.2 Å². The van der Waals surface area contributed by atoms with E-state index in [2.05, 4.69) is 20.8 Å². The number of anilines is 1. The standard InChI is InChI=1S/C15H22N6O2/c1-2-20-10-11(8-16-20)18-15(23)19-13-4-3-5-14-12(13)9-17-21(14)6-7-22/h8-10,13,22H,2-7H2,1H3,(H2,18,19,23)/t13-/m0/s1. The van der Waals surface area contributed by atoms with E-state index in [1.807, 2.05) is 11.6 Å². The molecule has 2 aromatic rings. The van der Waals surface area contributed by atoms with Crippen LogP contribution in [0.1, 0.15) is 37.1 Å². The van der Waals surface area contributed by atoms with Crippen LogP contribution in [0.4, 0.5) is 10.5 Å². The van der Waals surface area contributed by atoms with Crippen molar-refractivity contribution in [3.05, 3.63) is 29.8 Å². The van der Waals surface area contributed by atoms with Crippen molar-refractivity contribution in [3.8, 4) is 0 Å². The van der Waals surface area contributed by atoms with Crippen molar-refractivity contribution >= 4 is 11.7 Å². The summed E-state index contributed by atoms with van der Waals surface area (Å²) in [5.74, 6) is 0. The van der Waals surface area contributed by atoms with E-state index in [1.54, 1.807) is 23.3 Å². The SMILES string of the molecule is CCn1cc(NC(=O)N[C@H]2CCCc3c2cnn3CCO)cn1. The first-order chi connectivity index (χ1) is 11.2. The smallest absolute Gasteiger partial charge is 0.319 e. The fraction of sp³-hybridized carbons (Fsp3) is 0.533. The molecule has 2 aromatic heterocycles. The molecule has 0 bridgehead atoms. The number of fused-ring (bicyclic) bond motifs is 1. The molecule has 0 fully saturated rings. The Morgan fingerprint density at radius 2 is 2.30 bits per heavy atom. The Bertz CT molecular complexity index is 677. The fourth-order valence-electron chi connectivity index (χ4n) is 2.98. The second-order valence-corrected chi connectivity index (χ2v) is 5.62. The number of rotatable bonds is 5. The summed E-state index contributed by atoms with van der Waals surface area (Å²) in [6, 6.07) is -0.291. The predicted octanol–water partition coefficient (Wildman–Crippen LogP) is 1.29. The van der Waals surface area contributed by atoms with E-state index in [-0.39, 0.29) is 18.7 Å². The van der Waals surface area contributed by atoms with Gasteiger partial charge in [-0.15, -0.1) is 0 Å². The van der Waals surface area contributed by atoms with Crippen LogP contribution in [0.5, 0.6) is 0 Å². The zero-order chi connectivity index (χ0) is 16.2. The lowest BCUT2D eigenvalue weighted by molar-refractivity contribution is 0.246. The summed E-state index contributed by atoms with van der Waals surface area (Å²) in [5, 5.41) is 23.3. The molecule has 3 rings (SSSR count). The molecule has 0 radical (unpaired) electrons. The molecular formula is C15H22N6O2. The van der Waals surface area contributed by atoms with Crippen LogP contribution in [0.3, 0.4) is 0 Å². The van der Waals surface area contributed by atoms with E-state index in [0.717, 1.165) is 37.1 Å². The van der Waals surface area contributed by atoms with Gasteiger partial charge >= 0.3 is 6.03 Å². The van der Waals surface area contributed by atoms with Gasteiger partial charge in [-0.25, -0.2) is 4.79 Å². The number of amides is 2. The van der Waals surface area contributed by atoms with Crippen LogP contribution in [0.15, 0.2) is 18.6 Å². The lowest BCUT2D eigenvalue weighted by atomic mass is 9.93. The summed E-state index contributed by atoms with van der Waals surface area (Å²) in [5.41, 5.74) is 2.83. The number of nitrogens with one attached hydrogen (secondary N) is 2. The highest BCUT2D eigenvalue weighted by Crippen LogP contribution is 2.29. The Morgan fingerprint density at radius 3 is 3.04 bits per heavy atom. The van der Waals surface area contributed by atoms with Gasteiger partial charge in [-0.2, -0.15) is 10.2 Å². The third kappa shape index (κ3) is 3.37. The first kappa shape index (κ1) is 15.5. The largest absolute Gasteiger partial charge is 0.394 e. The summed E-state index contributed by atoms with van der Waals surface area (Å²) in [7, 11) is 0.